The summed E-state index contributed by atoms with van der Waals surface area (Å²) in [4.78, 5) is 25.6. The summed E-state index contributed by atoms with van der Waals surface area (Å²) in [6.07, 6.45) is 0.631. The second-order valence-electron chi connectivity index (χ2n) is 7.92. The molecule has 1 aromatic heterocycles. The number of hydrogen-bond donors (Lipinski definition) is 1. The summed E-state index contributed by atoms with van der Waals surface area (Å²) in [5, 5.41) is 7.12. The highest BCUT2D eigenvalue weighted by Crippen LogP contribution is 2.46. The lowest BCUT2D eigenvalue weighted by Gasteiger charge is -2.46. The fourth-order valence-corrected chi connectivity index (χ4v) is 4.61. The van der Waals surface area contributed by atoms with Crippen molar-refractivity contribution in [2.24, 2.45) is 0 Å². The number of amides is 1. The average Bonchev–Trinajstić information content (AvgIpc) is 3.36. The van der Waals surface area contributed by atoms with Crippen LogP contribution in [0.4, 0.5) is 13.2 Å². The SMILES string of the molecule is CC(=O)N1CCC2(c3ccccc3)CCN(Cc3ccoc3)CC12.O=C(O)C(F)(F)F. The number of halogens is 3. The molecule has 0 radical (unpaired) electrons. The molecule has 3 heterocycles. The third-order valence-electron chi connectivity index (χ3n) is 6.10. The molecule has 1 aromatic carbocycles. The van der Waals surface area contributed by atoms with Crippen LogP contribution >= 0.6 is 0 Å². The zero-order chi connectivity index (χ0) is 22.6. The number of nitrogens with zero attached hydrogens (tertiary/aromatic N) is 2. The summed E-state index contributed by atoms with van der Waals surface area (Å²) in [6.45, 7) is 5.45. The Kier molecular flexibility index (Phi) is 6.74. The molecule has 2 fully saturated rings. The zero-order valence-corrected chi connectivity index (χ0v) is 17.1. The highest BCUT2D eigenvalue weighted by molar-refractivity contribution is 5.74. The van der Waals surface area contributed by atoms with E-state index >= 15 is 0 Å². The van der Waals surface area contributed by atoms with Gasteiger partial charge in [-0.3, -0.25) is 9.69 Å². The van der Waals surface area contributed by atoms with Crippen LogP contribution in [0.1, 0.15) is 30.9 Å². The number of aliphatic carboxylic acids is 1. The molecule has 168 valence electrons. The number of likely N-dealkylation sites (tertiary alicyclic amines) is 2. The standard InChI is InChI=1S/C20H24N2O2.C2HF3O2/c1-16(23)22-11-9-20(18-5-3-2-4-6-18)8-10-21(14-19(20)22)13-17-7-12-24-15-17;3-2(4,5)1(6)7/h2-7,12,15,19H,8-11,13-14H2,1H3;(H,6,7). The van der Waals surface area contributed by atoms with Crippen molar-refractivity contribution in [3.63, 3.8) is 0 Å². The Bertz CT molecular complexity index is 886. The molecule has 1 amide bonds. The number of rotatable bonds is 3. The van der Waals surface area contributed by atoms with Crippen LogP contribution in [0.3, 0.4) is 0 Å². The van der Waals surface area contributed by atoms with Crippen LogP contribution in [0.25, 0.3) is 0 Å². The Labute approximate surface area is 178 Å². The molecule has 0 aliphatic carbocycles. The van der Waals surface area contributed by atoms with Crippen LogP contribution < -0.4 is 0 Å². The largest absolute Gasteiger partial charge is 0.490 e. The van der Waals surface area contributed by atoms with Crippen LogP contribution in [0.5, 0.6) is 0 Å². The second-order valence-corrected chi connectivity index (χ2v) is 7.92. The van der Waals surface area contributed by atoms with E-state index in [1.165, 1.54) is 11.1 Å². The lowest BCUT2D eigenvalue weighted by atomic mass is 9.69. The number of carbonyl (C=O) groups excluding carboxylic acids is 1. The fraction of sp³-hybridized carbons (Fsp3) is 0.455. The van der Waals surface area contributed by atoms with Gasteiger partial charge < -0.3 is 14.4 Å². The number of carbonyl (C=O) groups is 2. The summed E-state index contributed by atoms with van der Waals surface area (Å²) < 4.78 is 36.9. The van der Waals surface area contributed by atoms with E-state index in [1.807, 2.05) is 12.3 Å². The monoisotopic (exact) mass is 438 g/mol. The first-order chi connectivity index (χ1) is 14.6. The first-order valence-corrected chi connectivity index (χ1v) is 10.00. The Morgan fingerprint density at radius 2 is 1.81 bits per heavy atom. The molecule has 0 saturated carbocycles. The summed E-state index contributed by atoms with van der Waals surface area (Å²) in [5.74, 6) is -2.56. The van der Waals surface area contributed by atoms with E-state index in [0.717, 1.165) is 39.0 Å². The molecule has 2 atom stereocenters. The molecule has 6 nitrogen and oxygen atoms in total. The van der Waals surface area contributed by atoms with Gasteiger partial charge >= 0.3 is 12.1 Å². The molecule has 0 bridgehead atoms. The van der Waals surface area contributed by atoms with E-state index in [-0.39, 0.29) is 17.4 Å². The van der Waals surface area contributed by atoms with Gasteiger partial charge in [0.2, 0.25) is 5.91 Å². The summed E-state index contributed by atoms with van der Waals surface area (Å²) >= 11 is 0. The molecule has 31 heavy (non-hydrogen) atoms. The minimum Gasteiger partial charge on any atom is -0.475 e. The van der Waals surface area contributed by atoms with E-state index in [9.17, 15) is 18.0 Å². The van der Waals surface area contributed by atoms with E-state index in [0.29, 0.717) is 0 Å². The zero-order valence-electron chi connectivity index (χ0n) is 17.1. The minimum atomic E-state index is -5.08. The summed E-state index contributed by atoms with van der Waals surface area (Å²) in [6, 6.07) is 13.1. The van der Waals surface area contributed by atoms with E-state index in [4.69, 9.17) is 14.3 Å². The van der Waals surface area contributed by atoms with Crippen molar-refractivity contribution in [1.29, 1.82) is 0 Å². The van der Waals surface area contributed by atoms with Gasteiger partial charge in [-0.1, -0.05) is 30.3 Å². The number of piperidine rings is 1. The topological polar surface area (TPSA) is 74.0 Å². The maximum absolute atomic E-state index is 12.2. The summed E-state index contributed by atoms with van der Waals surface area (Å²) in [5.41, 5.74) is 2.70. The second kappa shape index (κ2) is 9.13. The Morgan fingerprint density at radius 1 is 1.16 bits per heavy atom. The first-order valence-electron chi connectivity index (χ1n) is 10.00. The summed E-state index contributed by atoms with van der Waals surface area (Å²) in [7, 11) is 0. The van der Waals surface area contributed by atoms with Gasteiger partial charge in [0, 0.05) is 37.5 Å². The van der Waals surface area contributed by atoms with Crippen LogP contribution in [-0.4, -0.2) is 58.6 Å². The number of carboxylic acid groups (broad SMARTS) is 1. The van der Waals surface area contributed by atoms with Gasteiger partial charge in [-0.2, -0.15) is 13.2 Å². The lowest BCUT2D eigenvalue weighted by Crippen LogP contribution is -2.56. The normalized spacial score (nSPS) is 23.6. The van der Waals surface area contributed by atoms with Crippen LogP contribution in [0.15, 0.2) is 53.3 Å². The maximum atomic E-state index is 12.2. The molecular formula is C22H25F3N2O4. The van der Waals surface area contributed by atoms with Crippen molar-refractivity contribution in [3.05, 3.63) is 60.1 Å². The van der Waals surface area contributed by atoms with Gasteiger partial charge in [-0.15, -0.1) is 0 Å². The predicted octanol–water partition coefficient (Wildman–Crippen LogP) is 3.68. The van der Waals surface area contributed by atoms with Crippen molar-refractivity contribution in [1.82, 2.24) is 9.80 Å². The number of benzene rings is 1. The van der Waals surface area contributed by atoms with Gasteiger partial charge in [0.25, 0.3) is 0 Å². The van der Waals surface area contributed by atoms with Crippen molar-refractivity contribution in [2.75, 3.05) is 19.6 Å². The van der Waals surface area contributed by atoms with Gasteiger partial charge in [-0.25, -0.2) is 4.79 Å². The Balaban J connectivity index is 0.000000339. The fourth-order valence-electron chi connectivity index (χ4n) is 4.61. The van der Waals surface area contributed by atoms with Crippen molar-refractivity contribution < 1.29 is 32.3 Å². The number of alkyl halides is 3. The third kappa shape index (κ3) is 5.10. The first kappa shape index (κ1) is 22.9. The Hall–Kier alpha value is -2.81. The highest BCUT2D eigenvalue weighted by atomic mass is 19.4. The number of furan rings is 1. The molecule has 2 aliphatic rings. The molecular weight excluding hydrogens is 413 g/mol. The van der Waals surface area contributed by atoms with Gasteiger partial charge in [-0.05, 0) is 31.0 Å². The molecule has 4 rings (SSSR count). The molecule has 2 aromatic rings. The lowest BCUT2D eigenvalue weighted by molar-refractivity contribution is -0.192. The molecule has 2 saturated heterocycles. The molecule has 2 aliphatic heterocycles. The van der Waals surface area contributed by atoms with Crippen LogP contribution in [0, 0.1) is 0 Å². The smallest absolute Gasteiger partial charge is 0.475 e. The average molecular weight is 438 g/mol. The van der Waals surface area contributed by atoms with Crippen LogP contribution in [0.2, 0.25) is 0 Å². The van der Waals surface area contributed by atoms with Crippen molar-refractivity contribution >= 4 is 11.9 Å². The predicted molar refractivity (Wildman–Crippen MR) is 106 cm³/mol. The number of carboxylic acids is 1. The highest BCUT2D eigenvalue weighted by Gasteiger charge is 2.51. The molecule has 9 heteroatoms. The van der Waals surface area contributed by atoms with E-state index < -0.39 is 12.1 Å². The van der Waals surface area contributed by atoms with E-state index in [2.05, 4.69) is 40.1 Å². The minimum absolute atomic E-state index is 0.111. The number of fused-ring (bicyclic) bond motifs is 1. The van der Waals surface area contributed by atoms with Crippen molar-refractivity contribution in [3.8, 4) is 0 Å². The van der Waals surface area contributed by atoms with Gasteiger partial charge in [0.15, 0.2) is 0 Å². The third-order valence-corrected chi connectivity index (χ3v) is 6.10. The maximum Gasteiger partial charge on any atom is 0.490 e. The number of hydrogen-bond acceptors (Lipinski definition) is 4. The van der Waals surface area contributed by atoms with Crippen LogP contribution in [-0.2, 0) is 21.5 Å². The molecule has 0 spiro atoms. The van der Waals surface area contributed by atoms with Gasteiger partial charge in [0.1, 0.15) is 0 Å². The Morgan fingerprint density at radius 3 is 2.35 bits per heavy atom. The van der Waals surface area contributed by atoms with E-state index in [1.54, 1.807) is 13.2 Å². The quantitative estimate of drug-likeness (QED) is 0.792. The van der Waals surface area contributed by atoms with Gasteiger partial charge in [0.05, 0.1) is 18.6 Å². The van der Waals surface area contributed by atoms with Crippen molar-refractivity contribution in [2.45, 2.75) is 43.9 Å². The molecule has 2 unspecified atom stereocenters. The molecule has 1 N–H and O–H groups in total.